The maximum Gasteiger partial charge on any atom is 0.303 e. The summed E-state index contributed by atoms with van der Waals surface area (Å²) in [5.41, 5.74) is 7.97. The molecule has 6 nitrogen and oxygen atoms in total. The number of carboxylic acid groups (broad SMARTS) is 1. The Morgan fingerprint density at radius 2 is 1.48 bits per heavy atom. The highest BCUT2D eigenvalue weighted by molar-refractivity contribution is 5.86. The first-order chi connectivity index (χ1) is 12.6. The average molecular weight is 469 g/mol. The standard InChI is InChI=1S/C20H29N3O3.3ClH/c21-14-16-1-3-18(4-2-16)22-11-7-17(8-12-22)20(26)23-9-5-15(6-10-23)13-19(24)25;;;/h1-4,15,17H,5-14,21H2,(H,24,25);3*1H. The van der Waals surface area contributed by atoms with E-state index in [9.17, 15) is 9.59 Å². The smallest absolute Gasteiger partial charge is 0.303 e. The lowest BCUT2D eigenvalue weighted by molar-refractivity contribution is -0.139. The number of likely N-dealkylation sites (tertiary alicyclic amines) is 1. The molecule has 166 valence electrons. The molecule has 9 heteroatoms. The number of carboxylic acids is 1. The molecule has 3 N–H and O–H groups in total. The summed E-state index contributed by atoms with van der Waals surface area (Å²) >= 11 is 0. The third-order valence-corrected chi connectivity index (χ3v) is 5.77. The van der Waals surface area contributed by atoms with Gasteiger partial charge in [-0.1, -0.05) is 12.1 Å². The fourth-order valence-corrected chi connectivity index (χ4v) is 4.09. The van der Waals surface area contributed by atoms with Gasteiger partial charge in [0.1, 0.15) is 0 Å². The molecule has 1 aromatic rings. The van der Waals surface area contributed by atoms with Crippen molar-refractivity contribution in [1.82, 2.24) is 4.90 Å². The maximum absolute atomic E-state index is 12.8. The molecule has 0 unspecified atom stereocenters. The number of benzene rings is 1. The van der Waals surface area contributed by atoms with Gasteiger partial charge in [-0.05, 0) is 49.3 Å². The Kier molecular flexibility index (Phi) is 12.6. The number of rotatable bonds is 5. The van der Waals surface area contributed by atoms with Crippen LogP contribution in [0.2, 0.25) is 0 Å². The van der Waals surface area contributed by atoms with E-state index in [0.29, 0.717) is 19.6 Å². The van der Waals surface area contributed by atoms with Gasteiger partial charge in [0.2, 0.25) is 5.91 Å². The number of piperidine rings is 2. The number of nitrogens with zero attached hydrogens (tertiary/aromatic N) is 2. The van der Waals surface area contributed by atoms with Crippen molar-refractivity contribution in [3.05, 3.63) is 29.8 Å². The van der Waals surface area contributed by atoms with Crippen molar-refractivity contribution in [3.8, 4) is 0 Å². The molecule has 0 bridgehead atoms. The van der Waals surface area contributed by atoms with E-state index in [0.717, 1.165) is 44.3 Å². The predicted molar refractivity (Wildman–Crippen MR) is 123 cm³/mol. The molecule has 29 heavy (non-hydrogen) atoms. The van der Waals surface area contributed by atoms with Crippen LogP contribution < -0.4 is 10.6 Å². The van der Waals surface area contributed by atoms with Gasteiger partial charge in [-0.2, -0.15) is 0 Å². The zero-order chi connectivity index (χ0) is 18.5. The zero-order valence-electron chi connectivity index (χ0n) is 16.5. The summed E-state index contributed by atoms with van der Waals surface area (Å²) in [4.78, 5) is 27.9. The third-order valence-electron chi connectivity index (χ3n) is 5.77. The number of carbonyl (C=O) groups is 2. The molecule has 0 aliphatic carbocycles. The molecule has 2 fully saturated rings. The maximum atomic E-state index is 12.8. The lowest BCUT2D eigenvalue weighted by atomic mass is 9.90. The molecule has 1 amide bonds. The van der Waals surface area contributed by atoms with Gasteiger partial charge in [-0.3, -0.25) is 9.59 Å². The lowest BCUT2D eigenvalue weighted by Crippen LogP contribution is -2.45. The quantitative estimate of drug-likeness (QED) is 0.692. The van der Waals surface area contributed by atoms with Crippen LogP contribution in [0.4, 0.5) is 5.69 Å². The number of aliphatic carboxylic acids is 1. The van der Waals surface area contributed by atoms with Crippen LogP contribution in [0.15, 0.2) is 24.3 Å². The fourth-order valence-electron chi connectivity index (χ4n) is 4.09. The molecule has 2 aliphatic heterocycles. The van der Waals surface area contributed by atoms with Crippen molar-refractivity contribution in [2.75, 3.05) is 31.1 Å². The van der Waals surface area contributed by atoms with Crippen molar-refractivity contribution in [3.63, 3.8) is 0 Å². The van der Waals surface area contributed by atoms with E-state index in [1.807, 2.05) is 4.90 Å². The Morgan fingerprint density at radius 1 is 0.931 bits per heavy atom. The second-order valence-corrected chi connectivity index (χ2v) is 7.50. The number of halogens is 3. The molecule has 2 saturated heterocycles. The van der Waals surface area contributed by atoms with Crippen LogP contribution >= 0.6 is 37.2 Å². The molecule has 2 heterocycles. The SMILES string of the molecule is Cl.Cl.Cl.NCc1ccc(N2CCC(C(=O)N3CCC(CC(=O)O)CC3)CC2)cc1. The lowest BCUT2D eigenvalue weighted by Gasteiger charge is -2.37. The highest BCUT2D eigenvalue weighted by Crippen LogP contribution is 2.27. The average Bonchev–Trinajstić information content (AvgIpc) is 2.68. The largest absolute Gasteiger partial charge is 0.481 e. The molecule has 0 radical (unpaired) electrons. The minimum atomic E-state index is -0.735. The van der Waals surface area contributed by atoms with Crippen LogP contribution in [0.5, 0.6) is 0 Å². The van der Waals surface area contributed by atoms with Crippen LogP contribution in [0.25, 0.3) is 0 Å². The first kappa shape index (κ1) is 27.8. The molecule has 0 saturated carbocycles. The number of nitrogens with two attached hydrogens (primary N) is 1. The van der Waals surface area contributed by atoms with Crippen LogP contribution in [0, 0.1) is 11.8 Å². The first-order valence-electron chi connectivity index (χ1n) is 9.61. The topological polar surface area (TPSA) is 86.9 Å². The number of anilines is 1. The highest BCUT2D eigenvalue weighted by atomic mass is 35.5. The molecule has 2 aliphatic rings. The van der Waals surface area contributed by atoms with Crippen molar-refractivity contribution >= 4 is 54.8 Å². The van der Waals surface area contributed by atoms with Crippen molar-refractivity contribution in [1.29, 1.82) is 0 Å². The number of amides is 1. The van der Waals surface area contributed by atoms with Crippen LogP contribution in [0.3, 0.4) is 0 Å². The Morgan fingerprint density at radius 3 is 1.97 bits per heavy atom. The number of carbonyl (C=O) groups excluding carboxylic acids is 1. The highest BCUT2D eigenvalue weighted by Gasteiger charge is 2.31. The predicted octanol–water partition coefficient (Wildman–Crippen LogP) is 3.34. The summed E-state index contributed by atoms with van der Waals surface area (Å²) < 4.78 is 0. The van der Waals surface area contributed by atoms with Crippen LogP contribution in [-0.2, 0) is 16.1 Å². The van der Waals surface area contributed by atoms with Gasteiger partial charge in [0.15, 0.2) is 0 Å². The second-order valence-electron chi connectivity index (χ2n) is 7.50. The van der Waals surface area contributed by atoms with Gasteiger partial charge < -0.3 is 20.6 Å². The fraction of sp³-hybridized carbons (Fsp3) is 0.600. The summed E-state index contributed by atoms with van der Waals surface area (Å²) in [6.07, 6.45) is 3.61. The van der Waals surface area contributed by atoms with Gasteiger partial charge in [-0.15, -0.1) is 37.2 Å². The van der Waals surface area contributed by atoms with Gasteiger partial charge in [-0.25, -0.2) is 0 Å². The van der Waals surface area contributed by atoms with Crippen molar-refractivity contribution in [2.45, 2.75) is 38.6 Å². The van der Waals surface area contributed by atoms with E-state index in [1.54, 1.807) is 0 Å². The first-order valence-corrected chi connectivity index (χ1v) is 9.61. The van der Waals surface area contributed by atoms with Gasteiger partial charge in [0, 0.05) is 50.7 Å². The zero-order valence-corrected chi connectivity index (χ0v) is 18.9. The third kappa shape index (κ3) is 7.52. The summed E-state index contributed by atoms with van der Waals surface area (Å²) in [5, 5.41) is 8.90. The van der Waals surface area contributed by atoms with E-state index in [1.165, 1.54) is 5.69 Å². The number of hydrogen-bond donors (Lipinski definition) is 2. The molecule has 0 aromatic heterocycles. The van der Waals surface area contributed by atoms with Gasteiger partial charge in [0.05, 0.1) is 0 Å². The summed E-state index contributed by atoms with van der Waals surface area (Å²) in [7, 11) is 0. The van der Waals surface area contributed by atoms with Crippen molar-refractivity contribution in [2.24, 2.45) is 17.6 Å². The Hall–Kier alpha value is -1.21. The van der Waals surface area contributed by atoms with E-state index in [2.05, 4.69) is 29.2 Å². The Labute approximate surface area is 191 Å². The van der Waals surface area contributed by atoms with E-state index in [4.69, 9.17) is 10.8 Å². The molecular weight excluding hydrogens is 437 g/mol. The normalized spacial score (nSPS) is 17.6. The summed E-state index contributed by atoms with van der Waals surface area (Å²) in [5.74, 6) is -0.154. The second kappa shape index (κ2) is 13.2. The Balaban J connectivity index is 0.00000261. The summed E-state index contributed by atoms with van der Waals surface area (Å²) in [6.45, 7) is 3.76. The van der Waals surface area contributed by atoms with E-state index >= 15 is 0 Å². The minimum absolute atomic E-state index is 0. The number of hydrogen-bond acceptors (Lipinski definition) is 4. The van der Waals surface area contributed by atoms with E-state index in [-0.39, 0.29) is 61.4 Å². The van der Waals surface area contributed by atoms with Gasteiger partial charge in [0.25, 0.3) is 0 Å². The van der Waals surface area contributed by atoms with Crippen molar-refractivity contribution < 1.29 is 14.7 Å². The summed E-state index contributed by atoms with van der Waals surface area (Å²) in [6, 6.07) is 8.34. The Bertz CT molecular complexity index is 630. The molecule has 1 aromatic carbocycles. The molecule has 0 atom stereocenters. The van der Waals surface area contributed by atoms with Crippen LogP contribution in [0.1, 0.15) is 37.7 Å². The minimum Gasteiger partial charge on any atom is -0.481 e. The van der Waals surface area contributed by atoms with Crippen LogP contribution in [-0.4, -0.2) is 48.1 Å². The molecule has 0 spiro atoms. The van der Waals surface area contributed by atoms with E-state index < -0.39 is 5.97 Å². The monoisotopic (exact) mass is 467 g/mol. The molecule has 3 rings (SSSR count). The molecular formula is C20H32Cl3N3O3. The van der Waals surface area contributed by atoms with Gasteiger partial charge >= 0.3 is 5.97 Å².